The molecule has 0 radical (unpaired) electrons. The summed E-state index contributed by atoms with van der Waals surface area (Å²) >= 11 is 0. The van der Waals surface area contributed by atoms with Gasteiger partial charge in [0.15, 0.2) is 0 Å². The standard InChI is InChI=1S/C25H23F3N6.3ClH.H3N/c1-16(29)22-15-20(23(34-33-22)18-8-5-9-19(14-18)25(26,27)28)21-11-13-31-24(32-21)30-12-10-17-6-3-2-4-7-17;;;;/h2-9,11,13-16H,10,12,29H2,1H3,(H,30,31,32);3*1H;1H3/t16-;;;;/m0..../s1. The number of nitrogens with two attached hydrogens (primary N) is 1. The zero-order valence-electron chi connectivity index (χ0n) is 20.4. The molecule has 0 bridgehead atoms. The second-order valence-electron chi connectivity index (χ2n) is 7.83. The second kappa shape index (κ2) is 15.4. The van der Waals surface area contributed by atoms with E-state index in [2.05, 4.69) is 25.5 Å². The Labute approximate surface area is 237 Å². The fourth-order valence-corrected chi connectivity index (χ4v) is 3.44. The first-order chi connectivity index (χ1) is 16.3. The van der Waals surface area contributed by atoms with Crippen molar-refractivity contribution in [3.05, 3.63) is 89.7 Å². The van der Waals surface area contributed by atoms with Crippen LogP contribution >= 0.6 is 37.2 Å². The Hall–Kier alpha value is -3.02. The molecule has 0 fully saturated rings. The highest BCUT2D eigenvalue weighted by Gasteiger charge is 2.31. The van der Waals surface area contributed by atoms with E-state index in [1.807, 2.05) is 30.3 Å². The van der Waals surface area contributed by atoms with Gasteiger partial charge < -0.3 is 17.2 Å². The number of benzene rings is 2. The summed E-state index contributed by atoms with van der Waals surface area (Å²) in [4.78, 5) is 8.85. The number of nitrogens with zero attached hydrogens (tertiary/aromatic N) is 4. The number of rotatable bonds is 7. The van der Waals surface area contributed by atoms with E-state index in [-0.39, 0.29) is 54.6 Å². The molecule has 0 aliphatic heterocycles. The third-order valence-corrected chi connectivity index (χ3v) is 5.21. The molecule has 13 heteroatoms. The summed E-state index contributed by atoms with van der Waals surface area (Å²) in [5.74, 6) is 0.405. The van der Waals surface area contributed by atoms with Crippen LogP contribution in [0.1, 0.15) is 29.8 Å². The van der Waals surface area contributed by atoms with E-state index in [4.69, 9.17) is 5.73 Å². The topological polar surface area (TPSA) is 125 Å². The molecular formula is C25H29Cl3F3N7. The summed E-state index contributed by atoms with van der Waals surface area (Å²) in [7, 11) is 0. The van der Waals surface area contributed by atoms with Crippen LogP contribution in [0.5, 0.6) is 0 Å². The van der Waals surface area contributed by atoms with Gasteiger partial charge in [0, 0.05) is 29.9 Å². The third-order valence-electron chi connectivity index (χ3n) is 5.21. The Balaban J connectivity index is 0.00000342. The number of anilines is 1. The van der Waals surface area contributed by atoms with Gasteiger partial charge in [-0.15, -0.1) is 42.3 Å². The molecular weight excluding hydrogens is 562 g/mol. The zero-order valence-corrected chi connectivity index (χ0v) is 22.8. The van der Waals surface area contributed by atoms with Crippen molar-refractivity contribution in [2.24, 2.45) is 5.73 Å². The first-order valence-corrected chi connectivity index (χ1v) is 10.7. The Morgan fingerprint density at radius 2 is 1.63 bits per heavy atom. The predicted octanol–water partition coefficient (Wildman–Crippen LogP) is 6.72. The average molecular weight is 591 g/mol. The van der Waals surface area contributed by atoms with Crippen molar-refractivity contribution in [2.75, 3.05) is 11.9 Å². The molecule has 1 atom stereocenters. The molecule has 7 nitrogen and oxygen atoms in total. The van der Waals surface area contributed by atoms with Gasteiger partial charge in [-0.25, -0.2) is 9.97 Å². The summed E-state index contributed by atoms with van der Waals surface area (Å²) < 4.78 is 39.9. The van der Waals surface area contributed by atoms with Gasteiger partial charge in [-0.1, -0.05) is 42.5 Å². The van der Waals surface area contributed by atoms with Crippen molar-refractivity contribution in [3.63, 3.8) is 0 Å². The lowest BCUT2D eigenvalue weighted by Gasteiger charge is -2.14. The molecule has 0 unspecified atom stereocenters. The van der Waals surface area contributed by atoms with Crippen LogP contribution in [0.3, 0.4) is 0 Å². The minimum Gasteiger partial charge on any atom is -0.354 e. The fourth-order valence-electron chi connectivity index (χ4n) is 3.44. The van der Waals surface area contributed by atoms with E-state index >= 15 is 0 Å². The van der Waals surface area contributed by atoms with E-state index in [0.717, 1.165) is 18.6 Å². The minimum absolute atomic E-state index is 0. The van der Waals surface area contributed by atoms with E-state index in [1.54, 1.807) is 31.3 Å². The number of nitrogens with one attached hydrogen (secondary N) is 1. The largest absolute Gasteiger partial charge is 0.416 e. The van der Waals surface area contributed by atoms with Crippen molar-refractivity contribution in [1.29, 1.82) is 0 Å². The highest BCUT2D eigenvalue weighted by atomic mass is 35.5. The van der Waals surface area contributed by atoms with Crippen LogP contribution < -0.4 is 17.2 Å². The highest BCUT2D eigenvalue weighted by molar-refractivity contribution is 5.86. The monoisotopic (exact) mass is 589 g/mol. The van der Waals surface area contributed by atoms with Crippen molar-refractivity contribution in [3.8, 4) is 22.5 Å². The van der Waals surface area contributed by atoms with E-state index in [0.29, 0.717) is 29.4 Å². The maximum absolute atomic E-state index is 13.3. The zero-order chi connectivity index (χ0) is 24.1. The number of halogens is 6. The number of hydrogen-bond donors (Lipinski definition) is 3. The molecule has 0 amide bonds. The van der Waals surface area contributed by atoms with Crippen LogP contribution in [-0.4, -0.2) is 26.7 Å². The molecule has 4 rings (SSSR count). The Morgan fingerprint density at radius 1 is 0.921 bits per heavy atom. The third kappa shape index (κ3) is 8.78. The van der Waals surface area contributed by atoms with Crippen molar-refractivity contribution in [2.45, 2.75) is 25.6 Å². The first kappa shape index (κ1) is 35.0. The lowest BCUT2D eigenvalue weighted by atomic mass is 10.0. The first-order valence-electron chi connectivity index (χ1n) is 10.7. The quantitative estimate of drug-likeness (QED) is 0.218. The molecule has 6 N–H and O–H groups in total. The van der Waals surface area contributed by atoms with Gasteiger partial charge in [0.25, 0.3) is 0 Å². The second-order valence-corrected chi connectivity index (χ2v) is 7.83. The summed E-state index contributed by atoms with van der Waals surface area (Å²) in [6.07, 6.45) is -2.09. The molecule has 0 spiro atoms. The number of hydrogen-bond acceptors (Lipinski definition) is 7. The van der Waals surface area contributed by atoms with Gasteiger partial charge in [-0.2, -0.15) is 18.3 Å². The smallest absolute Gasteiger partial charge is 0.354 e. The highest BCUT2D eigenvalue weighted by Crippen LogP contribution is 2.35. The van der Waals surface area contributed by atoms with Crippen LogP contribution in [0.25, 0.3) is 22.5 Å². The number of alkyl halides is 3. The fraction of sp³-hybridized carbons (Fsp3) is 0.200. The average Bonchev–Trinajstić information content (AvgIpc) is 2.84. The maximum Gasteiger partial charge on any atom is 0.416 e. The summed E-state index contributed by atoms with van der Waals surface area (Å²) in [5.41, 5.74) is 8.49. The molecule has 0 saturated heterocycles. The lowest BCUT2D eigenvalue weighted by molar-refractivity contribution is -0.137. The molecule has 2 aromatic carbocycles. The SMILES string of the molecule is C[C@H](N)c1cc(-c2ccnc(NCCc3ccccc3)n2)c(-c2cccc(C(F)(F)F)c2)nn1.Cl.Cl.Cl.N. The molecule has 38 heavy (non-hydrogen) atoms. The van der Waals surface area contributed by atoms with Crippen LogP contribution in [0.4, 0.5) is 19.1 Å². The summed E-state index contributed by atoms with van der Waals surface area (Å²) in [5, 5.41) is 11.5. The van der Waals surface area contributed by atoms with Crippen molar-refractivity contribution < 1.29 is 13.2 Å². The molecule has 0 saturated carbocycles. The molecule has 2 heterocycles. The molecule has 0 aliphatic rings. The molecule has 0 aliphatic carbocycles. The van der Waals surface area contributed by atoms with Crippen LogP contribution in [0.15, 0.2) is 72.9 Å². The van der Waals surface area contributed by atoms with Gasteiger partial charge in [0.05, 0.1) is 17.0 Å². The van der Waals surface area contributed by atoms with E-state index in [1.165, 1.54) is 11.6 Å². The van der Waals surface area contributed by atoms with Crippen molar-refractivity contribution >= 4 is 43.2 Å². The van der Waals surface area contributed by atoms with E-state index < -0.39 is 17.8 Å². The molecule has 4 aromatic rings. The lowest BCUT2D eigenvalue weighted by Crippen LogP contribution is -2.11. The van der Waals surface area contributed by atoms with Gasteiger partial charge in [-0.05, 0) is 43.2 Å². The van der Waals surface area contributed by atoms with Gasteiger partial charge in [0.1, 0.15) is 5.69 Å². The van der Waals surface area contributed by atoms with Crippen molar-refractivity contribution in [1.82, 2.24) is 26.3 Å². The predicted molar refractivity (Wildman–Crippen MR) is 152 cm³/mol. The Bertz CT molecular complexity index is 1280. The number of aromatic nitrogens is 4. The molecule has 2 aromatic heterocycles. The van der Waals surface area contributed by atoms with Crippen LogP contribution in [0.2, 0.25) is 0 Å². The van der Waals surface area contributed by atoms with Crippen LogP contribution in [-0.2, 0) is 12.6 Å². The minimum atomic E-state index is -4.47. The summed E-state index contributed by atoms with van der Waals surface area (Å²) in [6, 6.07) is 18.0. The van der Waals surface area contributed by atoms with E-state index in [9.17, 15) is 13.2 Å². The Kier molecular flexibility index (Phi) is 14.2. The van der Waals surface area contributed by atoms with Gasteiger partial charge in [-0.3, -0.25) is 0 Å². The summed E-state index contributed by atoms with van der Waals surface area (Å²) in [6.45, 7) is 2.38. The van der Waals surface area contributed by atoms with Gasteiger partial charge >= 0.3 is 6.18 Å². The Morgan fingerprint density at radius 3 is 2.29 bits per heavy atom. The van der Waals surface area contributed by atoms with Crippen LogP contribution in [0, 0.1) is 0 Å². The maximum atomic E-state index is 13.3. The molecule has 206 valence electrons. The van der Waals surface area contributed by atoms with Gasteiger partial charge in [0.2, 0.25) is 5.95 Å². The normalized spacial score (nSPS) is 11.1.